The molecule has 3 atom stereocenters. The molecule has 3 fully saturated rings. The highest BCUT2D eigenvalue weighted by Gasteiger charge is 2.47. The highest BCUT2D eigenvalue weighted by molar-refractivity contribution is 5.88. The fourth-order valence-corrected chi connectivity index (χ4v) is 6.20. The number of hydrogen-bond donors (Lipinski definition) is 1. The maximum Gasteiger partial charge on any atom is 0.230 e. The van der Waals surface area contributed by atoms with Gasteiger partial charge in [0.05, 0.1) is 5.41 Å². The van der Waals surface area contributed by atoms with Crippen LogP contribution in [0.4, 0.5) is 0 Å². The van der Waals surface area contributed by atoms with Crippen LogP contribution in [0.15, 0.2) is 60.7 Å². The molecule has 1 saturated heterocycles. The Morgan fingerprint density at radius 2 is 1.62 bits per heavy atom. The van der Waals surface area contributed by atoms with Crippen LogP contribution in [0.1, 0.15) is 49.7 Å². The molecule has 1 N–H and O–H groups in total. The van der Waals surface area contributed by atoms with Crippen molar-refractivity contribution in [1.29, 1.82) is 0 Å². The third-order valence-corrected chi connectivity index (χ3v) is 7.72. The van der Waals surface area contributed by atoms with Gasteiger partial charge in [0.2, 0.25) is 5.91 Å². The van der Waals surface area contributed by atoms with Crippen LogP contribution in [0.3, 0.4) is 0 Å². The molecule has 1 aliphatic heterocycles. The minimum absolute atomic E-state index is 0.286. The van der Waals surface area contributed by atoms with Crippen LogP contribution in [0.5, 0.6) is 0 Å². The number of carbonyl (C=O) groups is 1. The maximum atomic E-state index is 13.6. The summed E-state index contributed by atoms with van der Waals surface area (Å²) >= 11 is 0. The molecule has 152 valence electrons. The second-order valence-corrected chi connectivity index (χ2v) is 9.42. The van der Waals surface area contributed by atoms with Gasteiger partial charge in [-0.1, -0.05) is 73.5 Å². The molecular weight excluding hydrogens is 356 g/mol. The molecule has 29 heavy (non-hydrogen) atoms. The number of rotatable bonds is 5. The molecule has 2 aliphatic carbocycles. The summed E-state index contributed by atoms with van der Waals surface area (Å²) in [5.41, 5.74) is 2.30. The zero-order chi connectivity index (χ0) is 19.7. The van der Waals surface area contributed by atoms with Crippen molar-refractivity contribution < 1.29 is 4.79 Å². The van der Waals surface area contributed by atoms with Crippen molar-refractivity contribution in [2.75, 3.05) is 13.1 Å². The van der Waals surface area contributed by atoms with E-state index in [-0.39, 0.29) is 11.3 Å². The average Bonchev–Trinajstić information content (AvgIpc) is 3.47. The number of nitrogens with one attached hydrogen (secondary N) is 1. The SMILES string of the molecule is O=C(N[C@H]1CC[C@H]2CN(Cc3ccccc3)C[C@H]21)C1(c2ccccc2)CCCC1. The third kappa shape index (κ3) is 3.61. The topological polar surface area (TPSA) is 32.3 Å². The van der Waals surface area contributed by atoms with Crippen LogP contribution in [0.25, 0.3) is 0 Å². The number of carbonyl (C=O) groups excluding carboxylic acids is 1. The van der Waals surface area contributed by atoms with Crippen molar-refractivity contribution in [1.82, 2.24) is 10.2 Å². The highest BCUT2D eigenvalue weighted by atomic mass is 16.2. The highest BCUT2D eigenvalue weighted by Crippen LogP contribution is 2.43. The second-order valence-electron chi connectivity index (χ2n) is 9.42. The predicted molar refractivity (Wildman–Crippen MR) is 116 cm³/mol. The predicted octanol–water partition coefficient (Wildman–Crippen LogP) is 4.53. The summed E-state index contributed by atoms with van der Waals surface area (Å²) in [7, 11) is 0. The van der Waals surface area contributed by atoms with Gasteiger partial charge in [0, 0.05) is 25.7 Å². The van der Waals surface area contributed by atoms with Gasteiger partial charge in [0.1, 0.15) is 0 Å². The molecular formula is C26H32N2O. The Bertz CT molecular complexity index is 828. The number of likely N-dealkylation sites (tertiary alicyclic amines) is 1. The number of amides is 1. The molecule has 5 rings (SSSR count). The monoisotopic (exact) mass is 388 g/mol. The van der Waals surface area contributed by atoms with Gasteiger partial charge in [-0.25, -0.2) is 0 Å². The zero-order valence-corrected chi connectivity index (χ0v) is 17.2. The first kappa shape index (κ1) is 18.9. The molecule has 3 aliphatic rings. The standard InChI is InChI=1S/C26H32N2O/c29-25(26(15-7-8-16-26)22-11-5-2-6-12-22)27-24-14-13-21-18-28(19-23(21)24)17-20-9-3-1-4-10-20/h1-6,9-12,21,23-24H,7-8,13-19H2,(H,27,29)/t21-,23+,24-/m0/s1. The maximum absolute atomic E-state index is 13.6. The summed E-state index contributed by atoms with van der Waals surface area (Å²) in [6.07, 6.45) is 6.69. The van der Waals surface area contributed by atoms with Gasteiger partial charge in [0.15, 0.2) is 0 Å². The number of nitrogens with zero attached hydrogens (tertiary/aromatic N) is 1. The van der Waals surface area contributed by atoms with Crippen LogP contribution in [-0.4, -0.2) is 29.9 Å². The molecule has 2 aromatic carbocycles. The van der Waals surface area contributed by atoms with Crippen LogP contribution in [0, 0.1) is 11.8 Å². The Kier molecular flexibility index (Phi) is 5.17. The van der Waals surface area contributed by atoms with Crippen LogP contribution >= 0.6 is 0 Å². The molecule has 1 heterocycles. The van der Waals surface area contributed by atoms with Crippen molar-refractivity contribution in [3.05, 3.63) is 71.8 Å². The van der Waals surface area contributed by atoms with E-state index >= 15 is 0 Å². The summed E-state index contributed by atoms with van der Waals surface area (Å²) in [5.74, 6) is 1.63. The largest absolute Gasteiger partial charge is 0.352 e. The molecule has 2 saturated carbocycles. The van der Waals surface area contributed by atoms with Gasteiger partial charge >= 0.3 is 0 Å². The fourth-order valence-electron chi connectivity index (χ4n) is 6.20. The summed E-state index contributed by atoms with van der Waals surface area (Å²) in [6.45, 7) is 3.32. The summed E-state index contributed by atoms with van der Waals surface area (Å²) < 4.78 is 0. The fraction of sp³-hybridized carbons (Fsp3) is 0.500. The minimum atomic E-state index is -0.304. The minimum Gasteiger partial charge on any atom is -0.352 e. The van der Waals surface area contributed by atoms with Crippen molar-refractivity contribution in [3.63, 3.8) is 0 Å². The molecule has 3 nitrogen and oxygen atoms in total. The normalized spacial score (nSPS) is 28.3. The van der Waals surface area contributed by atoms with Gasteiger partial charge < -0.3 is 5.32 Å². The Labute approximate surface area is 174 Å². The lowest BCUT2D eigenvalue weighted by Gasteiger charge is -2.31. The Hall–Kier alpha value is -2.13. The van der Waals surface area contributed by atoms with E-state index in [4.69, 9.17) is 0 Å². The second kappa shape index (κ2) is 7.95. The van der Waals surface area contributed by atoms with Gasteiger partial charge in [0.25, 0.3) is 0 Å². The smallest absolute Gasteiger partial charge is 0.230 e. The van der Waals surface area contributed by atoms with Gasteiger partial charge in [-0.3, -0.25) is 9.69 Å². The first-order valence-corrected chi connectivity index (χ1v) is 11.4. The lowest BCUT2D eigenvalue weighted by atomic mass is 9.77. The summed E-state index contributed by atoms with van der Waals surface area (Å²) in [5, 5.41) is 3.55. The molecule has 0 radical (unpaired) electrons. The van der Waals surface area contributed by atoms with Gasteiger partial charge in [-0.05, 0) is 48.6 Å². The van der Waals surface area contributed by atoms with E-state index in [2.05, 4.69) is 64.8 Å². The van der Waals surface area contributed by atoms with Crippen molar-refractivity contribution in [2.24, 2.45) is 11.8 Å². The van der Waals surface area contributed by atoms with Crippen LogP contribution < -0.4 is 5.32 Å². The van der Waals surface area contributed by atoms with Crippen molar-refractivity contribution >= 4 is 5.91 Å². The van der Waals surface area contributed by atoms with Crippen LogP contribution in [0.2, 0.25) is 0 Å². The van der Waals surface area contributed by atoms with Gasteiger partial charge in [-0.2, -0.15) is 0 Å². The van der Waals surface area contributed by atoms with E-state index in [1.165, 1.54) is 24.1 Å². The molecule has 0 bridgehead atoms. The number of benzene rings is 2. The summed E-state index contributed by atoms with van der Waals surface area (Å²) in [4.78, 5) is 16.1. The lowest BCUT2D eigenvalue weighted by molar-refractivity contribution is -0.127. The Balaban J connectivity index is 1.27. The van der Waals surface area contributed by atoms with Gasteiger partial charge in [-0.15, -0.1) is 0 Å². The molecule has 0 aromatic heterocycles. The first-order valence-electron chi connectivity index (χ1n) is 11.4. The summed E-state index contributed by atoms with van der Waals surface area (Å²) in [6, 6.07) is 21.6. The zero-order valence-electron chi connectivity index (χ0n) is 17.2. The van der Waals surface area contributed by atoms with E-state index in [0.29, 0.717) is 12.0 Å². The molecule has 0 spiro atoms. The van der Waals surface area contributed by atoms with Crippen molar-refractivity contribution in [3.8, 4) is 0 Å². The molecule has 3 heteroatoms. The van der Waals surface area contributed by atoms with Crippen LogP contribution in [-0.2, 0) is 16.8 Å². The number of fused-ring (bicyclic) bond motifs is 1. The molecule has 2 aromatic rings. The van der Waals surface area contributed by atoms with Crippen molar-refractivity contribution in [2.45, 2.75) is 56.5 Å². The first-order chi connectivity index (χ1) is 14.2. The van der Waals surface area contributed by atoms with E-state index in [1.54, 1.807) is 0 Å². The van der Waals surface area contributed by atoms with E-state index in [1.807, 2.05) is 6.07 Å². The molecule has 0 unspecified atom stereocenters. The number of hydrogen-bond acceptors (Lipinski definition) is 2. The average molecular weight is 389 g/mol. The Morgan fingerprint density at radius 1 is 0.931 bits per heavy atom. The lowest BCUT2D eigenvalue weighted by Crippen LogP contribution is -2.48. The van der Waals surface area contributed by atoms with E-state index in [9.17, 15) is 4.79 Å². The quantitative estimate of drug-likeness (QED) is 0.816. The molecule has 1 amide bonds. The van der Waals surface area contributed by atoms with E-state index < -0.39 is 0 Å². The van der Waals surface area contributed by atoms with E-state index in [0.717, 1.165) is 51.1 Å². The third-order valence-electron chi connectivity index (χ3n) is 7.72. The Morgan fingerprint density at radius 3 is 2.34 bits per heavy atom.